The summed E-state index contributed by atoms with van der Waals surface area (Å²) in [6, 6.07) is 9.58. The number of halogens is 1. The third kappa shape index (κ3) is 3.87. The van der Waals surface area contributed by atoms with Crippen molar-refractivity contribution in [3.63, 3.8) is 0 Å². The van der Waals surface area contributed by atoms with E-state index in [4.69, 9.17) is 4.42 Å². The fourth-order valence-corrected chi connectivity index (χ4v) is 4.02. The molecule has 2 aromatic rings. The van der Waals surface area contributed by atoms with E-state index >= 15 is 0 Å². The van der Waals surface area contributed by atoms with Crippen LogP contribution in [0.5, 0.6) is 0 Å². The first-order chi connectivity index (χ1) is 13.5. The van der Waals surface area contributed by atoms with Gasteiger partial charge in [0.1, 0.15) is 17.3 Å². The lowest BCUT2D eigenvalue weighted by molar-refractivity contribution is -0.130. The number of rotatable bonds is 2. The third-order valence-electron chi connectivity index (χ3n) is 4.63. The van der Waals surface area contributed by atoms with E-state index in [0.29, 0.717) is 47.8 Å². The van der Waals surface area contributed by atoms with E-state index in [2.05, 4.69) is 4.99 Å². The molecule has 2 aliphatic rings. The van der Waals surface area contributed by atoms with Gasteiger partial charge in [-0.1, -0.05) is 0 Å². The van der Waals surface area contributed by atoms with Gasteiger partial charge >= 0.3 is 0 Å². The molecular weight excluding hydrogens is 381 g/mol. The Kier molecular flexibility index (Phi) is 5.04. The second-order valence-electron chi connectivity index (χ2n) is 6.51. The average molecular weight is 399 g/mol. The Morgan fingerprint density at radius 2 is 1.86 bits per heavy atom. The molecule has 0 bridgehead atoms. The summed E-state index contributed by atoms with van der Waals surface area (Å²) in [5.41, 5.74) is 0.761. The third-order valence-corrected chi connectivity index (χ3v) is 5.68. The molecule has 0 atom stereocenters. The minimum absolute atomic E-state index is 0.0621. The second-order valence-corrected chi connectivity index (χ2v) is 7.52. The molecule has 6 nitrogen and oxygen atoms in total. The van der Waals surface area contributed by atoms with Crippen LogP contribution in [0.3, 0.4) is 0 Å². The maximum atomic E-state index is 13.1. The van der Waals surface area contributed by atoms with Crippen LogP contribution in [0.1, 0.15) is 12.7 Å². The predicted octanol–water partition coefficient (Wildman–Crippen LogP) is 3.22. The number of benzene rings is 1. The lowest BCUT2D eigenvalue weighted by Crippen LogP contribution is -2.49. The van der Waals surface area contributed by atoms with Gasteiger partial charge in [0.25, 0.3) is 5.91 Å². The molecule has 8 heteroatoms. The van der Waals surface area contributed by atoms with E-state index in [1.807, 2.05) is 4.90 Å². The Balaban J connectivity index is 1.44. The number of carbonyl (C=O) groups is 2. The van der Waals surface area contributed by atoms with E-state index in [0.717, 1.165) is 5.56 Å². The molecule has 28 heavy (non-hydrogen) atoms. The van der Waals surface area contributed by atoms with Crippen molar-refractivity contribution in [2.75, 3.05) is 26.2 Å². The number of amides is 2. The highest BCUT2D eigenvalue weighted by Crippen LogP contribution is 2.32. The molecule has 1 aromatic heterocycles. The minimum Gasteiger partial charge on any atom is -0.457 e. The van der Waals surface area contributed by atoms with E-state index in [9.17, 15) is 14.0 Å². The van der Waals surface area contributed by atoms with Gasteiger partial charge in [0.15, 0.2) is 5.17 Å². The molecule has 2 aliphatic heterocycles. The molecule has 0 saturated carbocycles. The standard InChI is InChI=1S/C20H18FN3O3S/c1-13(25)23-8-10-24(11-9-23)20-22-19(26)18(28-20)12-16-6-7-17(27-16)14-2-4-15(21)5-3-14/h2-7,12H,8-11H2,1H3/b18-12+. The number of nitrogens with zero attached hydrogens (tertiary/aromatic N) is 3. The van der Waals surface area contributed by atoms with Gasteiger partial charge in [-0.3, -0.25) is 9.59 Å². The van der Waals surface area contributed by atoms with Crippen LogP contribution in [0.25, 0.3) is 17.4 Å². The van der Waals surface area contributed by atoms with Gasteiger partial charge in [-0.15, -0.1) is 0 Å². The quantitative estimate of drug-likeness (QED) is 0.726. The first-order valence-electron chi connectivity index (χ1n) is 8.88. The summed E-state index contributed by atoms with van der Waals surface area (Å²) < 4.78 is 18.8. The van der Waals surface area contributed by atoms with Gasteiger partial charge in [-0.05, 0) is 48.2 Å². The maximum absolute atomic E-state index is 13.1. The molecule has 0 aliphatic carbocycles. The molecule has 1 saturated heterocycles. The molecule has 0 N–H and O–H groups in total. The summed E-state index contributed by atoms with van der Waals surface area (Å²) in [6.45, 7) is 4.12. The Morgan fingerprint density at radius 3 is 2.54 bits per heavy atom. The van der Waals surface area contributed by atoms with Crippen molar-refractivity contribution in [3.05, 3.63) is 52.9 Å². The van der Waals surface area contributed by atoms with Crippen molar-refractivity contribution in [2.45, 2.75) is 6.92 Å². The topological polar surface area (TPSA) is 66.1 Å². The number of furan rings is 1. The highest BCUT2D eigenvalue weighted by atomic mass is 32.2. The number of hydrogen-bond donors (Lipinski definition) is 0. The van der Waals surface area contributed by atoms with Crippen molar-refractivity contribution in [1.29, 1.82) is 0 Å². The molecule has 144 valence electrons. The normalized spacial score (nSPS) is 18.7. The Morgan fingerprint density at radius 1 is 1.14 bits per heavy atom. The Bertz CT molecular complexity index is 973. The summed E-state index contributed by atoms with van der Waals surface area (Å²) >= 11 is 1.31. The van der Waals surface area contributed by atoms with Crippen LogP contribution in [0.4, 0.5) is 4.39 Å². The zero-order chi connectivity index (χ0) is 19.7. The molecule has 0 unspecified atom stereocenters. The molecule has 2 amide bonds. The first kappa shape index (κ1) is 18.5. The lowest BCUT2D eigenvalue weighted by Gasteiger charge is -2.34. The van der Waals surface area contributed by atoms with Crippen LogP contribution in [0.2, 0.25) is 0 Å². The van der Waals surface area contributed by atoms with Gasteiger partial charge < -0.3 is 14.2 Å². The molecule has 3 heterocycles. The fourth-order valence-electron chi connectivity index (χ4n) is 3.07. The number of thioether (sulfide) groups is 1. The van der Waals surface area contributed by atoms with Gasteiger partial charge in [0.2, 0.25) is 5.91 Å². The van der Waals surface area contributed by atoms with Crippen LogP contribution < -0.4 is 0 Å². The largest absolute Gasteiger partial charge is 0.457 e. The fraction of sp³-hybridized carbons (Fsp3) is 0.250. The number of aliphatic imine (C=N–C) groups is 1. The Hall–Kier alpha value is -2.87. The predicted molar refractivity (Wildman–Crippen MR) is 106 cm³/mol. The zero-order valence-electron chi connectivity index (χ0n) is 15.2. The van der Waals surface area contributed by atoms with E-state index in [1.165, 1.54) is 23.9 Å². The SMILES string of the molecule is CC(=O)N1CCN(C2=NC(=O)/C(=C\c3ccc(-c4ccc(F)cc4)o3)S2)CC1. The van der Waals surface area contributed by atoms with Crippen LogP contribution >= 0.6 is 11.8 Å². The summed E-state index contributed by atoms with van der Waals surface area (Å²) in [7, 11) is 0. The van der Waals surface area contributed by atoms with Gasteiger partial charge in [0, 0.05) is 44.7 Å². The first-order valence-corrected chi connectivity index (χ1v) is 9.70. The highest BCUT2D eigenvalue weighted by Gasteiger charge is 2.29. The number of amidine groups is 1. The molecule has 4 rings (SSSR count). The van der Waals surface area contributed by atoms with E-state index < -0.39 is 0 Å². The number of piperazine rings is 1. The lowest BCUT2D eigenvalue weighted by atomic mass is 10.2. The average Bonchev–Trinajstić information content (AvgIpc) is 3.30. The summed E-state index contributed by atoms with van der Waals surface area (Å²) in [5, 5.41) is 0.657. The van der Waals surface area contributed by atoms with Crippen molar-refractivity contribution in [1.82, 2.24) is 9.80 Å². The Labute approximate surface area is 165 Å². The van der Waals surface area contributed by atoms with Crippen LogP contribution in [-0.2, 0) is 9.59 Å². The number of hydrogen-bond acceptors (Lipinski definition) is 5. The molecule has 1 fully saturated rings. The van der Waals surface area contributed by atoms with Crippen molar-refractivity contribution >= 4 is 34.8 Å². The van der Waals surface area contributed by atoms with E-state index in [-0.39, 0.29) is 17.6 Å². The highest BCUT2D eigenvalue weighted by molar-refractivity contribution is 8.18. The van der Waals surface area contributed by atoms with Crippen molar-refractivity contribution in [2.24, 2.45) is 4.99 Å². The summed E-state index contributed by atoms with van der Waals surface area (Å²) in [5.74, 6) is 0.595. The summed E-state index contributed by atoms with van der Waals surface area (Å²) in [4.78, 5) is 32.1. The van der Waals surface area contributed by atoms with Crippen LogP contribution in [0.15, 0.2) is 50.7 Å². The summed E-state index contributed by atoms with van der Waals surface area (Å²) in [6.07, 6.45) is 1.67. The molecule has 0 radical (unpaired) electrons. The molecule has 1 aromatic carbocycles. The zero-order valence-corrected chi connectivity index (χ0v) is 16.0. The second kappa shape index (κ2) is 7.63. The van der Waals surface area contributed by atoms with Gasteiger partial charge in [-0.25, -0.2) is 4.39 Å². The smallest absolute Gasteiger partial charge is 0.286 e. The monoisotopic (exact) mass is 399 g/mol. The van der Waals surface area contributed by atoms with Crippen LogP contribution in [0, 0.1) is 5.82 Å². The van der Waals surface area contributed by atoms with Gasteiger partial charge in [-0.2, -0.15) is 4.99 Å². The number of carbonyl (C=O) groups excluding carboxylic acids is 2. The van der Waals surface area contributed by atoms with Crippen molar-refractivity contribution < 1.29 is 18.4 Å². The van der Waals surface area contributed by atoms with Gasteiger partial charge in [0.05, 0.1) is 4.91 Å². The van der Waals surface area contributed by atoms with Crippen molar-refractivity contribution in [3.8, 4) is 11.3 Å². The van der Waals surface area contributed by atoms with Crippen LogP contribution in [-0.4, -0.2) is 53.0 Å². The minimum atomic E-state index is -0.306. The molecular formula is C20H18FN3O3S. The molecule has 0 spiro atoms. The van der Waals surface area contributed by atoms with E-state index in [1.54, 1.807) is 42.2 Å². The maximum Gasteiger partial charge on any atom is 0.286 e.